The maximum atomic E-state index is 12.1. The molecule has 1 fully saturated rings. The lowest BCUT2D eigenvalue weighted by Crippen LogP contribution is -2.39. The molecule has 1 amide bonds. The van der Waals surface area contributed by atoms with Crippen molar-refractivity contribution in [2.45, 2.75) is 38.1 Å². The predicted octanol–water partition coefficient (Wildman–Crippen LogP) is 4.48. The van der Waals surface area contributed by atoms with Crippen molar-refractivity contribution in [2.24, 2.45) is 5.92 Å². The van der Waals surface area contributed by atoms with Crippen LogP contribution in [-0.2, 0) is 0 Å². The number of nitriles is 1. The summed E-state index contributed by atoms with van der Waals surface area (Å²) >= 11 is 8.10. The fraction of sp³-hybridized carbons (Fsp3) is 0.538. The Balaban J connectivity index is 2.01. The molecule has 1 heterocycles. The molecule has 1 atom stereocenters. The molecule has 0 radical (unpaired) electrons. The maximum absolute atomic E-state index is 12.1. The highest BCUT2D eigenvalue weighted by atomic mass is 79.9. The minimum Gasteiger partial charge on any atom is -0.335 e. The van der Waals surface area contributed by atoms with Gasteiger partial charge in [-0.25, -0.2) is 0 Å². The van der Waals surface area contributed by atoms with Crippen molar-refractivity contribution in [2.75, 3.05) is 0 Å². The van der Waals surface area contributed by atoms with E-state index in [1.807, 2.05) is 0 Å². The van der Waals surface area contributed by atoms with Gasteiger partial charge in [-0.05, 0) is 56.7 Å². The number of carbonyl (C=O) groups is 1. The smallest absolute Gasteiger partial charge is 0.262 e. The van der Waals surface area contributed by atoms with Crippen LogP contribution in [-0.4, -0.2) is 11.9 Å². The largest absolute Gasteiger partial charge is 0.335 e. The van der Waals surface area contributed by atoms with Crippen LogP contribution in [0.25, 0.3) is 0 Å². The summed E-state index contributed by atoms with van der Waals surface area (Å²) in [6.07, 6.45) is 5.64. The number of amides is 1. The van der Waals surface area contributed by atoms with Crippen LogP contribution in [0.3, 0.4) is 0 Å². The van der Waals surface area contributed by atoms with Crippen LogP contribution < -0.4 is 5.32 Å². The van der Waals surface area contributed by atoms with Gasteiger partial charge in [-0.15, -0.1) is 11.3 Å². The molecule has 1 saturated carbocycles. The van der Waals surface area contributed by atoms with Crippen LogP contribution in [0.2, 0.25) is 0 Å². The molecule has 0 saturated heterocycles. The molecule has 0 aromatic carbocycles. The minimum absolute atomic E-state index is 0.159. The number of hydrogen-bond donors (Lipinski definition) is 1. The number of carbonyl (C=O) groups excluding carboxylic acids is 1. The van der Waals surface area contributed by atoms with Gasteiger partial charge in [0.15, 0.2) is 0 Å². The second-order valence-corrected chi connectivity index (χ2v) is 7.94. The topological polar surface area (TPSA) is 52.9 Å². The van der Waals surface area contributed by atoms with Gasteiger partial charge in [0.25, 0.3) is 5.91 Å². The van der Waals surface area contributed by atoms with E-state index in [-0.39, 0.29) is 11.9 Å². The highest BCUT2D eigenvalue weighted by molar-refractivity contribution is 9.13. The molecule has 1 aliphatic carbocycles. The van der Waals surface area contributed by atoms with Crippen LogP contribution in [0.5, 0.6) is 0 Å². The van der Waals surface area contributed by atoms with Crippen molar-refractivity contribution in [3.63, 3.8) is 0 Å². The summed E-state index contributed by atoms with van der Waals surface area (Å²) in [5, 5.41) is 12.1. The SMILES string of the molecule is N#CC(NC(=O)c1cc(Br)c(Br)s1)C1CCCCC1. The van der Waals surface area contributed by atoms with E-state index in [1.165, 1.54) is 17.8 Å². The van der Waals surface area contributed by atoms with Gasteiger partial charge in [0, 0.05) is 4.47 Å². The molecule has 102 valence electrons. The molecule has 1 N–H and O–H groups in total. The standard InChI is InChI=1S/C13H14Br2N2OS/c14-9-6-11(19-12(9)15)13(18)17-10(7-16)8-4-2-1-3-5-8/h6,8,10H,1-5H2,(H,17,18). The number of halogens is 2. The fourth-order valence-corrected chi connectivity index (χ4v) is 4.33. The number of nitrogens with zero attached hydrogens (tertiary/aromatic N) is 1. The lowest BCUT2D eigenvalue weighted by molar-refractivity contribution is 0.0933. The van der Waals surface area contributed by atoms with Crippen LogP contribution in [0.1, 0.15) is 41.8 Å². The Bertz CT molecular complexity index is 484. The zero-order chi connectivity index (χ0) is 13.8. The molecule has 1 aromatic heterocycles. The summed E-state index contributed by atoms with van der Waals surface area (Å²) in [6, 6.07) is 3.65. The monoisotopic (exact) mass is 404 g/mol. The first kappa shape index (κ1) is 15.0. The van der Waals surface area contributed by atoms with Crippen molar-refractivity contribution in [3.8, 4) is 6.07 Å². The normalized spacial score (nSPS) is 17.7. The molecule has 1 unspecified atom stereocenters. The highest BCUT2D eigenvalue weighted by Crippen LogP contribution is 2.32. The Morgan fingerprint density at radius 1 is 1.42 bits per heavy atom. The third-order valence-corrected chi connectivity index (χ3v) is 6.67. The third kappa shape index (κ3) is 3.80. The van der Waals surface area contributed by atoms with E-state index >= 15 is 0 Å². The summed E-state index contributed by atoms with van der Waals surface area (Å²) in [6.45, 7) is 0. The van der Waals surface area contributed by atoms with Crippen LogP contribution in [0.4, 0.5) is 0 Å². The Morgan fingerprint density at radius 2 is 2.11 bits per heavy atom. The first-order valence-corrected chi connectivity index (χ1v) is 8.67. The summed E-state index contributed by atoms with van der Waals surface area (Å²) in [7, 11) is 0. The van der Waals surface area contributed by atoms with Crippen LogP contribution in [0, 0.1) is 17.2 Å². The van der Waals surface area contributed by atoms with Crippen molar-refractivity contribution >= 4 is 49.1 Å². The van der Waals surface area contributed by atoms with Crippen molar-refractivity contribution in [3.05, 3.63) is 19.2 Å². The van der Waals surface area contributed by atoms with Gasteiger partial charge < -0.3 is 5.32 Å². The number of hydrogen-bond acceptors (Lipinski definition) is 3. The van der Waals surface area contributed by atoms with Crippen LogP contribution >= 0.6 is 43.2 Å². The second kappa shape index (κ2) is 6.87. The van der Waals surface area contributed by atoms with Crippen LogP contribution in [0.15, 0.2) is 14.3 Å². The van der Waals surface area contributed by atoms with Gasteiger partial charge in [-0.1, -0.05) is 19.3 Å². The molecule has 1 aromatic rings. The van der Waals surface area contributed by atoms with Gasteiger partial charge >= 0.3 is 0 Å². The molecule has 0 spiro atoms. The Labute approximate surface area is 133 Å². The van der Waals surface area contributed by atoms with Gasteiger partial charge in [-0.3, -0.25) is 4.79 Å². The second-order valence-electron chi connectivity index (χ2n) is 4.71. The average Bonchev–Trinajstić information content (AvgIpc) is 2.77. The van der Waals surface area contributed by atoms with Gasteiger partial charge in [0.05, 0.1) is 14.7 Å². The molecule has 3 nitrogen and oxygen atoms in total. The summed E-state index contributed by atoms with van der Waals surface area (Å²) < 4.78 is 1.76. The lowest BCUT2D eigenvalue weighted by Gasteiger charge is -2.26. The lowest BCUT2D eigenvalue weighted by atomic mass is 9.84. The summed E-state index contributed by atoms with van der Waals surface area (Å²) in [4.78, 5) is 12.7. The molecular weight excluding hydrogens is 392 g/mol. The zero-order valence-electron chi connectivity index (χ0n) is 10.3. The Kier molecular flexibility index (Phi) is 5.43. The highest BCUT2D eigenvalue weighted by Gasteiger charge is 2.25. The van der Waals surface area contributed by atoms with Gasteiger partial charge in [0.1, 0.15) is 6.04 Å². The molecule has 19 heavy (non-hydrogen) atoms. The first-order valence-electron chi connectivity index (χ1n) is 6.27. The molecule has 2 rings (SSSR count). The number of nitrogens with one attached hydrogen (secondary N) is 1. The summed E-state index contributed by atoms with van der Waals surface area (Å²) in [5.41, 5.74) is 0. The maximum Gasteiger partial charge on any atom is 0.262 e. The van der Waals surface area contributed by atoms with E-state index in [2.05, 4.69) is 43.2 Å². The number of thiophene rings is 1. The zero-order valence-corrected chi connectivity index (χ0v) is 14.3. The van der Waals surface area contributed by atoms with Crippen molar-refractivity contribution in [1.29, 1.82) is 5.26 Å². The summed E-state index contributed by atoms with van der Waals surface area (Å²) in [5.74, 6) is 0.142. The van der Waals surface area contributed by atoms with E-state index in [0.717, 1.165) is 33.9 Å². The van der Waals surface area contributed by atoms with E-state index in [0.29, 0.717) is 10.8 Å². The van der Waals surface area contributed by atoms with E-state index in [1.54, 1.807) is 6.07 Å². The van der Waals surface area contributed by atoms with E-state index in [4.69, 9.17) is 0 Å². The van der Waals surface area contributed by atoms with Gasteiger partial charge in [-0.2, -0.15) is 5.26 Å². The quantitative estimate of drug-likeness (QED) is 0.805. The van der Waals surface area contributed by atoms with Crippen molar-refractivity contribution in [1.82, 2.24) is 5.32 Å². The van der Waals surface area contributed by atoms with Gasteiger partial charge in [0.2, 0.25) is 0 Å². The molecule has 1 aliphatic rings. The van der Waals surface area contributed by atoms with E-state index in [9.17, 15) is 10.1 Å². The number of rotatable bonds is 3. The fourth-order valence-electron chi connectivity index (χ4n) is 2.39. The minimum atomic E-state index is -0.368. The molecule has 0 bridgehead atoms. The predicted molar refractivity (Wildman–Crippen MR) is 83.2 cm³/mol. The average molecular weight is 406 g/mol. The molecule has 0 aliphatic heterocycles. The Morgan fingerprint density at radius 3 is 2.63 bits per heavy atom. The van der Waals surface area contributed by atoms with Crippen molar-refractivity contribution < 1.29 is 4.79 Å². The molecular formula is C13H14Br2N2OS. The first-order chi connectivity index (χ1) is 9.11. The third-order valence-electron chi connectivity index (χ3n) is 3.42. The molecule has 6 heteroatoms. The Hall–Kier alpha value is -0.380. The van der Waals surface area contributed by atoms with E-state index < -0.39 is 0 Å².